The average molecular weight is 312 g/mol. The highest BCUT2D eigenvalue weighted by atomic mass is 35.5. The van der Waals surface area contributed by atoms with E-state index in [0.29, 0.717) is 10.8 Å². The van der Waals surface area contributed by atoms with Crippen LogP contribution in [0.2, 0.25) is 5.02 Å². The van der Waals surface area contributed by atoms with Crippen LogP contribution in [0, 0.1) is 0 Å². The highest BCUT2D eigenvalue weighted by Gasteiger charge is 2.10. The summed E-state index contributed by atoms with van der Waals surface area (Å²) in [5, 5.41) is 5.71. The second-order valence-electron chi connectivity index (χ2n) is 4.05. The molecule has 0 saturated carbocycles. The molecule has 0 saturated heterocycles. The molecular weight excluding hydrogens is 298 g/mol. The van der Waals surface area contributed by atoms with Gasteiger partial charge < -0.3 is 5.32 Å². The molecule has 1 atom stereocenters. The first-order valence-electron chi connectivity index (χ1n) is 5.86. The number of amides is 1. The van der Waals surface area contributed by atoms with Crippen LogP contribution in [0.3, 0.4) is 0 Å². The third-order valence-corrected chi connectivity index (χ3v) is 4.85. The average Bonchev–Trinajstić information content (AvgIpc) is 2.92. The lowest BCUT2D eigenvalue weighted by Crippen LogP contribution is -2.27. The van der Waals surface area contributed by atoms with Gasteiger partial charge in [0.15, 0.2) is 0 Å². The van der Waals surface area contributed by atoms with Crippen molar-refractivity contribution in [2.24, 2.45) is 0 Å². The minimum Gasteiger partial charge on any atom is -0.348 e. The van der Waals surface area contributed by atoms with E-state index in [1.165, 1.54) is 16.6 Å². The minimum atomic E-state index is 0.0425. The molecule has 0 aliphatic heterocycles. The fourth-order valence-electron chi connectivity index (χ4n) is 1.57. The van der Waals surface area contributed by atoms with Gasteiger partial charge in [-0.15, -0.1) is 23.1 Å². The summed E-state index contributed by atoms with van der Waals surface area (Å²) in [5.74, 6) is 0.456. The molecule has 0 radical (unpaired) electrons. The fourth-order valence-corrected chi connectivity index (χ4v) is 3.14. The van der Waals surface area contributed by atoms with Crippen LogP contribution in [-0.4, -0.2) is 11.7 Å². The van der Waals surface area contributed by atoms with Crippen LogP contribution in [0.1, 0.15) is 17.8 Å². The standard InChI is InChI=1S/C14H14ClNOS2/c1-10(13-3-2-8-18-13)16-14(17)9-19-12-6-4-11(15)5-7-12/h2-8,10H,9H2,1H3,(H,16,17)/t10-/m0/s1. The number of hydrogen-bond acceptors (Lipinski definition) is 3. The molecule has 0 aliphatic rings. The first-order valence-corrected chi connectivity index (χ1v) is 8.10. The Kier molecular flexibility index (Phi) is 5.31. The van der Waals surface area contributed by atoms with Gasteiger partial charge in [0.25, 0.3) is 0 Å². The van der Waals surface area contributed by atoms with Gasteiger partial charge in [-0.05, 0) is 42.6 Å². The maximum atomic E-state index is 11.8. The van der Waals surface area contributed by atoms with E-state index in [9.17, 15) is 4.79 Å². The Balaban J connectivity index is 1.80. The summed E-state index contributed by atoms with van der Waals surface area (Å²) < 4.78 is 0. The molecule has 2 rings (SSSR count). The van der Waals surface area contributed by atoms with E-state index < -0.39 is 0 Å². The van der Waals surface area contributed by atoms with E-state index >= 15 is 0 Å². The van der Waals surface area contributed by atoms with Crippen molar-refractivity contribution >= 4 is 40.6 Å². The smallest absolute Gasteiger partial charge is 0.230 e. The van der Waals surface area contributed by atoms with E-state index in [0.717, 1.165) is 4.90 Å². The molecule has 2 aromatic rings. The van der Waals surface area contributed by atoms with Crippen LogP contribution in [0.5, 0.6) is 0 Å². The number of carbonyl (C=O) groups is 1. The summed E-state index contributed by atoms with van der Waals surface area (Å²) in [4.78, 5) is 14.1. The van der Waals surface area contributed by atoms with E-state index in [4.69, 9.17) is 11.6 Å². The van der Waals surface area contributed by atoms with Gasteiger partial charge in [0.05, 0.1) is 11.8 Å². The second-order valence-corrected chi connectivity index (χ2v) is 6.51. The van der Waals surface area contributed by atoms with Crippen molar-refractivity contribution < 1.29 is 4.79 Å². The molecule has 2 nitrogen and oxygen atoms in total. The number of benzene rings is 1. The van der Waals surface area contributed by atoms with Crippen LogP contribution < -0.4 is 5.32 Å². The summed E-state index contributed by atoms with van der Waals surface area (Å²) >= 11 is 8.97. The van der Waals surface area contributed by atoms with Gasteiger partial charge in [-0.1, -0.05) is 17.7 Å². The third kappa shape index (κ3) is 4.56. The van der Waals surface area contributed by atoms with E-state index in [2.05, 4.69) is 5.32 Å². The Morgan fingerprint density at radius 2 is 2.11 bits per heavy atom. The Bertz CT molecular complexity index is 525. The molecule has 0 aliphatic carbocycles. The number of rotatable bonds is 5. The predicted molar refractivity (Wildman–Crippen MR) is 83.1 cm³/mol. The zero-order valence-electron chi connectivity index (χ0n) is 10.4. The predicted octanol–water partition coefficient (Wildman–Crippen LogP) is 4.37. The largest absolute Gasteiger partial charge is 0.348 e. The summed E-state index contributed by atoms with van der Waals surface area (Å²) in [7, 11) is 0. The lowest BCUT2D eigenvalue weighted by Gasteiger charge is -2.11. The molecule has 19 heavy (non-hydrogen) atoms. The zero-order chi connectivity index (χ0) is 13.7. The topological polar surface area (TPSA) is 29.1 Å². The first kappa shape index (κ1) is 14.4. The molecule has 0 bridgehead atoms. The van der Waals surface area contributed by atoms with Gasteiger partial charge in [-0.3, -0.25) is 4.79 Å². The van der Waals surface area contributed by atoms with Gasteiger partial charge in [-0.25, -0.2) is 0 Å². The molecule has 1 amide bonds. The van der Waals surface area contributed by atoms with Crippen molar-refractivity contribution in [2.75, 3.05) is 5.75 Å². The number of thioether (sulfide) groups is 1. The number of halogens is 1. The van der Waals surface area contributed by atoms with E-state index in [1.54, 1.807) is 11.3 Å². The molecule has 0 fully saturated rings. The molecular formula is C14H14ClNOS2. The van der Waals surface area contributed by atoms with Gasteiger partial charge in [0.1, 0.15) is 0 Å². The minimum absolute atomic E-state index is 0.0425. The first-order chi connectivity index (χ1) is 9.15. The van der Waals surface area contributed by atoms with Gasteiger partial charge >= 0.3 is 0 Å². The van der Waals surface area contributed by atoms with Gasteiger partial charge in [0, 0.05) is 14.8 Å². The summed E-state index contributed by atoms with van der Waals surface area (Å²) in [6.07, 6.45) is 0. The molecule has 5 heteroatoms. The van der Waals surface area contributed by atoms with Crippen LogP contribution in [0.15, 0.2) is 46.7 Å². The Morgan fingerprint density at radius 1 is 1.37 bits per heavy atom. The molecule has 1 heterocycles. The monoisotopic (exact) mass is 311 g/mol. The van der Waals surface area contributed by atoms with Gasteiger partial charge in [-0.2, -0.15) is 0 Å². The molecule has 0 unspecified atom stereocenters. The highest BCUT2D eigenvalue weighted by molar-refractivity contribution is 8.00. The Labute approximate surface area is 126 Å². The summed E-state index contributed by atoms with van der Waals surface area (Å²) in [6, 6.07) is 11.6. The van der Waals surface area contributed by atoms with Crippen LogP contribution in [0.25, 0.3) is 0 Å². The van der Waals surface area contributed by atoms with Crippen LogP contribution in [0.4, 0.5) is 0 Å². The molecule has 100 valence electrons. The SMILES string of the molecule is C[C@H](NC(=O)CSc1ccc(Cl)cc1)c1cccs1. The second kappa shape index (κ2) is 6.98. The maximum absolute atomic E-state index is 11.8. The Hall–Kier alpha value is -0.970. The Morgan fingerprint density at radius 3 is 2.74 bits per heavy atom. The number of hydrogen-bond donors (Lipinski definition) is 1. The van der Waals surface area contributed by atoms with Crippen molar-refractivity contribution in [3.05, 3.63) is 51.7 Å². The molecule has 0 spiro atoms. The summed E-state index contributed by atoms with van der Waals surface area (Å²) in [6.45, 7) is 2.00. The van der Waals surface area contributed by atoms with Crippen molar-refractivity contribution in [2.45, 2.75) is 17.9 Å². The van der Waals surface area contributed by atoms with Crippen molar-refractivity contribution in [1.29, 1.82) is 0 Å². The van der Waals surface area contributed by atoms with Crippen LogP contribution in [-0.2, 0) is 4.79 Å². The quantitative estimate of drug-likeness (QED) is 0.831. The number of nitrogens with one attached hydrogen (secondary N) is 1. The third-order valence-electron chi connectivity index (χ3n) is 2.53. The molecule has 1 N–H and O–H groups in total. The zero-order valence-corrected chi connectivity index (χ0v) is 12.8. The van der Waals surface area contributed by atoms with Crippen LogP contribution >= 0.6 is 34.7 Å². The maximum Gasteiger partial charge on any atom is 0.230 e. The highest BCUT2D eigenvalue weighted by Crippen LogP contribution is 2.21. The lowest BCUT2D eigenvalue weighted by atomic mass is 10.3. The van der Waals surface area contributed by atoms with Crippen molar-refractivity contribution in [1.82, 2.24) is 5.32 Å². The van der Waals surface area contributed by atoms with Gasteiger partial charge in [0.2, 0.25) is 5.91 Å². The molecule has 1 aromatic carbocycles. The van der Waals surface area contributed by atoms with E-state index in [-0.39, 0.29) is 11.9 Å². The fraction of sp³-hybridized carbons (Fsp3) is 0.214. The van der Waals surface area contributed by atoms with Crippen molar-refractivity contribution in [3.8, 4) is 0 Å². The normalized spacial score (nSPS) is 12.1. The molecule has 1 aromatic heterocycles. The number of carbonyl (C=O) groups excluding carboxylic acids is 1. The lowest BCUT2D eigenvalue weighted by molar-refractivity contribution is -0.119. The number of thiophene rings is 1. The van der Waals surface area contributed by atoms with Crippen molar-refractivity contribution in [3.63, 3.8) is 0 Å². The van der Waals surface area contributed by atoms with E-state index in [1.807, 2.05) is 48.7 Å². The summed E-state index contributed by atoms with van der Waals surface area (Å²) in [5.41, 5.74) is 0.